The molecule has 0 radical (unpaired) electrons. The van der Waals surface area contributed by atoms with E-state index in [1.807, 2.05) is 97.9 Å². The van der Waals surface area contributed by atoms with E-state index in [4.69, 9.17) is 14.2 Å². The SMILES string of the molecule is CC(=O)C(C(=O)OCc1ccccc1)=C(NCc1ccccc1)C(C)COCOCc1ccccc1. The number of ketones is 1. The predicted octanol–water partition coefficient (Wildman–Crippen LogP) is 5.19. The second-order valence-electron chi connectivity index (χ2n) is 8.47. The molecule has 36 heavy (non-hydrogen) atoms. The Morgan fingerprint density at radius 2 is 1.28 bits per heavy atom. The highest BCUT2D eigenvalue weighted by molar-refractivity contribution is 6.17. The molecule has 1 atom stereocenters. The van der Waals surface area contributed by atoms with Crippen molar-refractivity contribution in [2.45, 2.75) is 33.6 Å². The van der Waals surface area contributed by atoms with E-state index in [0.29, 0.717) is 18.8 Å². The third kappa shape index (κ3) is 8.80. The van der Waals surface area contributed by atoms with Crippen LogP contribution in [-0.4, -0.2) is 25.2 Å². The fraction of sp³-hybridized carbons (Fsp3) is 0.267. The molecular formula is C30H33NO5. The van der Waals surface area contributed by atoms with E-state index in [1.54, 1.807) is 0 Å². The monoisotopic (exact) mass is 487 g/mol. The topological polar surface area (TPSA) is 73.9 Å². The van der Waals surface area contributed by atoms with Crippen LogP contribution in [0.25, 0.3) is 0 Å². The number of Topliss-reactive ketones (excluding diaryl/α,β-unsaturated/α-hetero) is 1. The molecule has 0 aliphatic heterocycles. The van der Waals surface area contributed by atoms with Crippen molar-refractivity contribution in [3.8, 4) is 0 Å². The van der Waals surface area contributed by atoms with Crippen LogP contribution >= 0.6 is 0 Å². The molecule has 0 saturated carbocycles. The lowest BCUT2D eigenvalue weighted by molar-refractivity contribution is -0.141. The Morgan fingerprint density at radius 3 is 1.83 bits per heavy atom. The summed E-state index contributed by atoms with van der Waals surface area (Å²) in [5, 5.41) is 3.30. The number of benzene rings is 3. The minimum Gasteiger partial charge on any atom is -0.457 e. The van der Waals surface area contributed by atoms with Crippen LogP contribution in [0.2, 0.25) is 0 Å². The molecule has 0 spiro atoms. The van der Waals surface area contributed by atoms with Crippen molar-refractivity contribution in [2.75, 3.05) is 13.4 Å². The van der Waals surface area contributed by atoms with Gasteiger partial charge in [0.05, 0.1) is 13.2 Å². The van der Waals surface area contributed by atoms with Gasteiger partial charge in [-0.15, -0.1) is 0 Å². The van der Waals surface area contributed by atoms with Crippen molar-refractivity contribution in [3.63, 3.8) is 0 Å². The normalized spacial score (nSPS) is 12.4. The molecule has 6 nitrogen and oxygen atoms in total. The average Bonchev–Trinajstić information content (AvgIpc) is 2.91. The Balaban J connectivity index is 1.68. The van der Waals surface area contributed by atoms with E-state index >= 15 is 0 Å². The highest BCUT2D eigenvalue weighted by Gasteiger charge is 2.25. The number of hydrogen-bond acceptors (Lipinski definition) is 6. The molecule has 3 aromatic rings. The smallest absolute Gasteiger partial charge is 0.343 e. The summed E-state index contributed by atoms with van der Waals surface area (Å²) in [5.41, 5.74) is 3.42. The Hall–Kier alpha value is -3.74. The Bertz CT molecular complexity index is 1110. The number of carbonyl (C=O) groups excluding carboxylic acids is 2. The van der Waals surface area contributed by atoms with Gasteiger partial charge in [-0.05, 0) is 23.6 Å². The first kappa shape index (κ1) is 26.9. The van der Waals surface area contributed by atoms with Gasteiger partial charge in [0.15, 0.2) is 5.78 Å². The van der Waals surface area contributed by atoms with Gasteiger partial charge in [-0.2, -0.15) is 0 Å². The largest absolute Gasteiger partial charge is 0.457 e. The standard InChI is InChI=1S/C30H33NO5/c1-23(19-34-22-35-20-26-14-8-4-9-15-26)29(31-18-25-12-6-3-7-13-25)28(24(2)32)30(33)36-21-27-16-10-5-11-17-27/h3-17,23,31H,18-22H2,1-2H3. The van der Waals surface area contributed by atoms with Gasteiger partial charge in [-0.3, -0.25) is 4.79 Å². The summed E-state index contributed by atoms with van der Waals surface area (Å²) in [5.74, 6) is -1.30. The number of rotatable bonds is 14. The van der Waals surface area contributed by atoms with Crippen molar-refractivity contribution >= 4 is 11.8 Å². The van der Waals surface area contributed by atoms with Crippen LogP contribution in [0.15, 0.2) is 102 Å². The van der Waals surface area contributed by atoms with Gasteiger partial charge in [-0.25, -0.2) is 4.79 Å². The van der Waals surface area contributed by atoms with Crippen molar-refractivity contribution in [2.24, 2.45) is 5.92 Å². The molecule has 1 unspecified atom stereocenters. The lowest BCUT2D eigenvalue weighted by Gasteiger charge is -2.21. The van der Waals surface area contributed by atoms with Crippen LogP contribution in [0, 0.1) is 5.92 Å². The molecule has 0 aliphatic carbocycles. The lowest BCUT2D eigenvalue weighted by Crippen LogP contribution is -2.29. The summed E-state index contributed by atoms with van der Waals surface area (Å²) in [6.07, 6.45) is 0. The minimum atomic E-state index is -0.658. The number of ether oxygens (including phenoxy) is 3. The predicted molar refractivity (Wildman–Crippen MR) is 138 cm³/mol. The van der Waals surface area contributed by atoms with Crippen molar-refractivity contribution in [3.05, 3.63) is 119 Å². The van der Waals surface area contributed by atoms with Gasteiger partial charge in [0.1, 0.15) is 19.0 Å². The maximum absolute atomic E-state index is 13.0. The molecule has 0 saturated heterocycles. The highest BCUT2D eigenvalue weighted by Crippen LogP contribution is 2.18. The van der Waals surface area contributed by atoms with Gasteiger partial charge in [-0.1, -0.05) is 97.9 Å². The van der Waals surface area contributed by atoms with Crippen LogP contribution in [0.5, 0.6) is 0 Å². The molecular weight excluding hydrogens is 454 g/mol. The molecule has 0 amide bonds. The van der Waals surface area contributed by atoms with E-state index in [0.717, 1.165) is 16.7 Å². The molecule has 0 aromatic heterocycles. The maximum Gasteiger partial charge on any atom is 0.343 e. The Labute approximate surface area is 212 Å². The van der Waals surface area contributed by atoms with Crippen LogP contribution in [0.4, 0.5) is 0 Å². The number of hydrogen-bond donors (Lipinski definition) is 1. The summed E-state index contributed by atoms with van der Waals surface area (Å²) in [6, 6.07) is 29.0. The van der Waals surface area contributed by atoms with E-state index in [9.17, 15) is 9.59 Å². The van der Waals surface area contributed by atoms with Gasteiger partial charge in [0, 0.05) is 18.2 Å². The van der Waals surface area contributed by atoms with Crippen molar-refractivity contribution < 1.29 is 23.8 Å². The fourth-order valence-electron chi connectivity index (χ4n) is 3.64. The van der Waals surface area contributed by atoms with E-state index in [1.165, 1.54) is 6.92 Å². The molecule has 6 heteroatoms. The second kappa shape index (κ2) is 14.6. The highest BCUT2D eigenvalue weighted by atomic mass is 16.7. The average molecular weight is 488 g/mol. The summed E-state index contributed by atoms with van der Waals surface area (Å²) >= 11 is 0. The Kier molecular flexibility index (Phi) is 10.9. The first-order chi connectivity index (χ1) is 17.5. The number of esters is 1. The van der Waals surface area contributed by atoms with E-state index < -0.39 is 5.97 Å². The summed E-state index contributed by atoms with van der Waals surface area (Å²) in [4.78, 5) is 25.7. The molecule has 188 valence electrons. The zero-order valence-corrected chi connectivity index (χ0v) is 20.8. The third-order valence-electron chi connectivity index (χ3n) is 5.50. The van der Waals surface area contributed by atoms with E-state index in [-0.39, 0.29) is 37.3 Å². The van der Waals surface area contributed by atoms with Gasteiger partial charge < -0.3 is 19.5 Å². The molecule has 0 aliphatic rings. The van der Waals surface area contributed by atoms with E-state index in [2.05, 4.69) is 5.32 Å². The van der Waals surface area contributed by atoms with Gasteiger partial charge in [0.2, 0.25) is 0 Å². The van der Waals surface area contributed by atoms with Crippen LogP contribution in [-0.2, 0) is 43.6 Å². The lowest BCUT2D eigenvalue weighted by atomic mass is 10.00. The van der Waals surface area contributed by atoms with Crippen LogP contribution in [0.1, 0.15) is 30.5 Å². The van der Waals surface area contributed by atoms with Gasteiger partial charge in [0.25, 0.3) is 0 Å². The van der Waals surface area contributed by atoms with Crippen molar-refractivity contribution in [1.29, 1.82) is 0 Å². The first-order valence-corrected chi connectivity index (χ1v) is 12.0. The minimum absolute atomic E-state index is 0.00293. The summed E-state index contributed by atoms with van der Waals surface area (Å²) in [7, 11) is 0. The summed E-state index contributed by atoms with van der Waals surface area (Å²) < 4.78 is 16.8. The molecule has 0 fully saturated rings. The molecule has 0 heterocycles. The number of carbonyl (C=O) groups is 2. The molecule has 1 N–H and O–H groups in total. The zero-order valence-electron chi connectivity index (χ0n) is 20.8. The third-order valence-corrected chi connectivity index (χ3v) is 5.50. The zero-order chi connectivity index (χ0) is 25.6. The molecule has 0 bridgehead atoms. The van der Waals surface area contributed by atoms with Crippen molar-refractivity contribution in [1.82, 2.24) is 5.32 Å². The summed E-state index contributed by atoms with van der Waals surface area (Å²) in [6.45, 7) is 4.61. The number of nitrogens with one attached hydrogen (secondary N) is 1. The molecule has 3 aromatic carbocycles. The first-order valence-electron chi connectivity index (χ1n) is 12.0. The van der Waals surface area contributed by atoms with Gasteiger partial charge >= 0.3 is 5.97 Å². The maximum atomic E-state index is 13.0. The van der Waals surface area contributed by atoms with Crippen LogP contribution in [0.3, 0.4) is 0 Å². The van der Waals surface area contributed by atoms with Crippen LogP contribution < -0.4 is 5.32 Å². The Morgan fingerprint density at radius 1 is 0.750 bits per heavy atom. The molecule has 3 rings (SSSR count). The quantitative estimate of drug-likeness (QED) is 0.0843. The fourth-order valence-corrected chi connectivity index (χ4v) is 3.64. The second-order valence-corrected chi connectivity index (χ2v) is 8.47.